The molecule has 1 N–H and O–H groups in total. The lowest BCUT2D eigenvalue weighted by atomic mass is 9.91. The molecule has 0 aliphatic carbocycles. The molecule has 1 aromatic carbocycles. The Morgan fingerprint density at radius 2 is 1.96 bits per heavy atom. The average Bonchev–Trinajstić information content (AvgIpc) is 3.19. The molecular formula is C21H26N4O2. The standard InChI is InChI=1S/C21H26N4O2/c1-14(2)20-24-21(27-25-20)19(16-8-11-26-12-9-16)23-13-17-6-3-5-15-7-4-10-22-18(15)17/h3-7,10,14,16,19,23H,8-9,11-13H2,1-2H3/t19-/m0/s1. The van der Waals surface area contributed by atoms with Crippen LogP contribution in [-0.4, -0.2) is 28.3 Å². The molecule has 1 aliphatic heterocycles. The zero-order valence-electron chi connectivity index (χ0n) is 15.9. The van der Waals surface area contributed by atoms with E-state index in [0.717, 1.165) is 42.8 Å². The fourth-order valence-electron chi connectivity index (χ4n) is 3.64. The SMILES string of the molecule is CC(C)c1noc([C@@H](NCc2cccc3cccnc23)C2CCOCC2)n1. The van der Waals surface area contributed by atoms with E-state index < -0.39 is 0 Å². The molecular weight excluding hydrogens is 340 g/mol. The van der Waals surface area contributed by atoms with Crippen LogP contribution >= 0.6 is 0 Å². The molecule has 6 nitrogen and oxygen atoms in total. The van der Waals surface area contributed by atoms with Crippen molar-refractivity contribution in [2.24, 2.45) is 5.92 Å². The Labute approximate surface area is 159 Å². The van der Waals surface area contributed by atoms with E-state index in [1.54, 1.807) is 0 Å². The van der Waals surface area contributed by atoms with Gasteiger partial charge in [-0.25, -0.2) is 0 Å². The van der Waals surface area contributed by atoms with Crippen LogP contribution in [0.1, 0.15) is 55.9 Å². The molecule has 1 aliphatic rings. The van der Waals surface area contributed by atoms with Gasteiger partial charge in [0.2, 0.25) is 5.89 Å². The van der Waals surface area contributed by atoms with E-state index in [9.17, 15) is 0 Å². The van der Waals surface area contributed by atoms with Crippen molar-refractivity contribution in [3.8, 4) is 0 Å². The minimum Gasteiger partial charge on any atom is -0.381 e. The Bertz CT molecular complexity index is 881. The fourth-order valence-corrected chi connectivity index (χ4v) is 3.64. The van der Waals surface area contributed by atoms with E-state index in [2.05, 4.69) is 58.6 Å². The maximum Gasteiger partial charge on any atom is 0.244 e. The smallest absolute Gasteiger partial charge is 0.244 e. The molecule has 0 saturated carbocycles. The zero-order valence-corrected chi connectivity index (χ0v) is 15.9. The van der Waals surface area contributed by atoms with Gasteiger partial charge in [0, 0.05) is 37.3 Å². The lowest BCUT2D eigenvalue weighted by Gasteiger charge is -2.28. The summed E-state index contributed by atoms with van der Waals surface area (Å²) >= 11 is 0. The van der Waals surface area contributed by atoms with Crippen LogP contribution in [0.4, 0.5) is 0 Å². The lowest BCUT2D eigenvalue weighted by molar-refractivity contribution is 0.0485. The summed E-state index contributed by atoms with van der Waals surface area (Å²) in [5.41, 5.74) is 2.21. The summed E-state index contributed by atoms with van der Waals surface area (Å²) in [4.78, 5) is 9.22. The minimum absolute atomic E-state index is 0.0212. The molecule has 1 fully saturated rings. The second-order valence-electron chi connectivity index (χ2n) is 7.45. The van der Waals surface area contributed by atoms with Crippen molar-refractivity contribution in [2.75, 3.05) is 13.2 Å². The molecule has 0 bridgehead atoms. The molecule has 0 amide bonds. The van der Waals surface area contributed by atoms with E-state index in [1.165, 1.54) is 5.56 Å². The first-order valence-electron chi connectivity index (χ1n) is 9.69. The summed E-state index contributed by atoms with van der Waals surface area (Å²) in [6.45, 7) is 6.42. The molecule has 6 heteroatoms. The van der Waals surface area contributed by atoms with Gasteiger partial charge in [0.25, 0.3) is 0 Å². The summed E-state index contributed by atoms with van der Waals surface area (Å²) < 4.78 is 11.2. The normalized spacial score (nSPS) is 16.9. The molecule has 1 saturated heterocycles. The predicted molar refractivity (Wildman–Crippen MR) is 103 cm³/mol. The third-order valence-corrected chi connectivity index (χ3v) is 5.21. The van der Waals surface area contributed by atoms with Crippen LogP contribution in [0.5, 0.6) is 0 Å². The quantitative estimate of drug-likeness (QED) is 0.711. The summed E-state index contributed by atoms with van der Waals surface area (Å²) in [6, 6.07) is 10.4. The van der Waals surface area contributed by atoms with Crippen LogP contribution in [0.15, 0.2) is 41.1 Å². The third kappa shape index (κ3) is 4.01. The second kappa shape index (κ2) is 8.15. The fraction of sp³-hybridized carbons (Fsp3) is 0.476. The maximum atomic E-state index is 5.64. The molecule has 0 spiro atoms. The number of benzene rings is 1. The highest BCUT2D eigenvalue weighted by molar-refractivity contribution is 5.81. The van der Waals surface area contributed by atoms with Crippen molar-refractivity contribution in [2.45, 2.75) is 45.2 Å². The van der Waals surface area contributed by atoms with Gasteiger partial charge in [-0.2, -0.15) is 4.98 Å². The van der Waals surface area contributed by atoms with Crippen molar-refractivity contribution in [3.63, 3.8) is 0 Å². The first kappa shape index (κ1) is 18.1. The van der Waals surface area contributed by atoms with Gasteiger partial charge in [-0.05, 0) is 30.4 Å². The van der Waals surface area contributed by atoms with Gasteiger partial charge in [0.1, 0.15) is 0 Å². The Kier molecular flexibility index (Phi) is 5.45. The van der Waals surface area contributed by atoms with Crippen molar-refractivity contribution in [1.29, 1.82) is 0 Å². The zero-order chi connectivity index (χ0) is 18.6. The summed E-state index contributed by atoms with van der Waals surface area (Å²) in [5, 5.41) is 8.99. The first-order valence-corrected chi connectivity index (χ1v) is 9.69. The van der Waals surface area contributed by atoms with Gasteiger partial charge in [0.15, 0.2) is 5.82 Å². The monoisotopic (exact) mass is 366 g/mol. The second-order valence-corrected chi connectivity index (χ2v) is 7.45. The number of fused-ring (bicyclic) bond motifs is 1. The van der Waals surface area contributed by atoms with E-state index in [4.69, 9.17) is 9.26 Å². The van der Waals surface area contributed by atoms with Crippen LogP contribution in [0, 0.1) is 5.92 Å². The van der Waals surface area contributed by atoms with E-state index >= 15 is 0 Å². The molecule has 2 aromatic heterocycles. The third-order valence-electron chi connectivity index (χ3n) is 5.21. The Morgan fingerprint density at radius 3 is 2.74 bits per heavy atom. The molecule has 3 heterocycles. The number of pyridine rings is 1. The highest BCUT2D eigenvalue weighted by Crippen LogP contribution is 2.30. The number of hydrogen-bond acceptors (Lipinski definition) is 6. The molecule has 27 heavy (non-hydrogen) atoms. The number of para-hydroxylation sites is 1. The largest absolute Gasteiger partial charge is 0.381 e. The highest BCUT2D eigenvalue weighted by atomic mass is 16.5. The van der Waals surface area contributed by atoms with E-state index in [1.807, 2.05) is 12.3 Å². The van der Waals surface area contributed by atoms with Crippen LogP contribution in [0.3, 0.4) is 0 Å². The maximum absolute atomic E-state index is 5.64. The number of aromatic nitrogens is 3. The van der Waals surface area contributed by atoms with Crippen LogP contribution in [0.2, 0.25) is 0 Å². The number of nitrogens with one attached hydrogen (secondary N) is 1. The van der Waals surface area contributed by atoms with Crippen molar-refractivity contribution in [3.05, 3.63) is 53.8 Å². The topological polar surface area (TPSA) is 73.1 Å². The Balaban J connectivity index is 1.58. The van der Waals surface area contributed by atoms with Crippen molar-refractivity contribution < 1.29 is 9.26 Å². The minimum atomic E-state index is 0.0212. The molecule has 3 aromatic rings. The molecule has 142 valence electrons. The van der Waals surface area contributed by atoms with Gasteiger partial charge >= 0.3 is 0 Å². The number of hydrogen-bond donors (Lipinski definition) is 1. The summed E-state index contributed by atoms with van der Waals surface area (Å²) in [5.74, 6) is 2.11. The number of nitrogens with zero attached hydrogens (tertiary/aromatic N) is 3. The number of rotatable bonds is 6. The van der Waals surface area contributed by atoms with E-state index in [0.29, 0.717) is 18.4 Å². The van der Waals surface area contributed by atoms with Crippen LogP contribution in [0.25, 0.3) is 10.9 Å². The van der Waals surface area contributed by atoms with Crippen molar-refractivity contribution >= 4 is 10.9 Å². The van der Waals surface area contributed by atoms with Gasteiger partial charge in [-0.15, -0.1) is 0 Å². The van der Waals surface area contributed by atoms with Crippen LogP contribution in [-0.2, 0) is 11.3 Å². The lowest BCUT2D eigenvalue weighted by Crippen LogP contribution is -2.32. The Morgan fingerprint density at radius 1 is 1.15 bits per heavy atom. The first-order chi connectivity index (χ1) is 13.2. The Hall–Kier alpha value is -2.31. The molecule has 0 unspecified atom stereocenters. The van der Waals surface area contributed by atoms with Gasteiger partial charge in [-0.1, -0.05) is 43.3 Å². The average molecular weight is 366 g/mol. The van der Waals surface area contributed by atoms with Gasteiger partial charge in [-0.3, -0.25) is 4.98 Å². The highest BCUT2D eigenvalue weighted by Gasteiger charge is 2.30. The molecule has 1 atom stereocenters. The molecule has 0 radical (unpaired) electrons. The summed E-state index contributed by atoms with van der Waals surface area (Å²) in [7, 11) is 0. The van der Waals surface area contributed by atoms with Gasteiger partial charge < -0.3 is 14.6 Å². The number of ether oxygens (including phenoxy) is 1. The van der Waals surface area contributed by atoms with Crippen LogP contribution < -0.4 is 5.32 Å². The summed E-state index contributed by atoms with van der Waals surface area (Å²) in [6.07, 6.45) is 3.82. The predicted octanol–water partition coefficient (Wildman–Crippen LogP) is 4.00. The van der Waals surface area contributed by atoms with Gasteiger partial charge in [0.05, 0.1) is 11.6 Å². The molecule has 4 rings (SSSR count). The van der Waals surface area contributed by atoms with E-state index in [-0.39, 0.29) is 12.0 Å². The van der Waals surface area contributed by atoms with Crippen molar-refractivity contribution in [1.82, 2.24) is 20.4 Å².